The quantitative estimate of drug-likeness (QED) is 0.334. The van der Waals surface area contributed by atoms with Gasteiger partial charge in [0.2, 0.25) is 0 Å². The molecule has 1 aliphatic rings. The molecule has 1 aliphatic carbocycles. The molecule has 6 nitrogen and oxygen atoms in total. The molecular formula is C26H31BrO6. The van der Waals surface area contributed by atoms with Gasteiger partial charge in [-0.05, 0) is 78.4 Å². The zero-order chi connectivity index (χ0) is 24.0. The Hall–Kier alpha value is -2.54. The van der Waals surface area contributed by atoms with Crippen LogP contribution in [0.15, 0.2) is 34.8 Å². The monoisotopic (exact) mass is 518 g/mol. The number of phenolic OH excluding ortho intramolecular Hbond substituents is 1. The Balaban J connectivity index is 1.68. The molecule has 0 unspecified atom stereocenters. The number of benzene rings is 2. The minimum atomic E-state index is -0.285. The van der Waals surface area contributed by atoms with E-state index in [4.69, 9.17) is 14.2 Å². The molecule has 0 bridgehead atoms. The van der Waals surface area contributed by atoms with Gasteiger partial charge in [0.1, 0.15) is 29.5 Å². The van der Waals surface area contributed by atoms with Gasteiger partial charge in [0.25, 0.3) is 0 Å². The molecule has 0 aliphatic heterocycles. The maximum atomic E-state index is 11.8. The molecule has 2 aromatic rings. The lowest BCUT2D eigenvalue weighted by Crippen LogP contribution is -2.32. The molecular weight excluding hydrogens is 488 g/mol. The highest BCUT2D eigenvalue weighted by Crippen LogP contribution is 2.36. The summed E-state index contributed by atoms with van der Waals surface area (Å²) in [6, 6.07) is 9.03. The van der Waals surface area contributed by atoms with Crippen molar-refractivity contribution in [1.82, 2.24) is 0 Å². The van der Waals surface area contributed by atoms with Gasteiger partial charge in [-0.25, -0.2) is 0 Å². The van der Waals surface area contributed by atoms with Gasteiger partial charge in [-0.2, -0.15) is 0 Å². The second kappa shape index (κ2) is 11.5. The maximum absolute atomic E-state index is 11.8. The van der Waals surface area contributed by atoms with E-state index in [1.807, 2.05) is 25.1 Å². The van der Waals surface area contributed by atoms with Crippen LogP contribution in [0.5, 0.6) is 17.2 Å². The lowest BCUT2D eigenvalue weighted by Gasteiger charge is -2.31. The van der Waals surface area contributed by atoms with E-state index in [1.54, 1.807) is 12.1 Å². The third-order valence-electron chi connectivity index (χ3n) is 5.86. The lowest BCUT2D eigenvalue weighted by molar-refractivity contribution is -0.139. The van der Waals surface area contributed by atoms with Crippen LogP contribution in [-0.2, 0) is 22.4 Å². The van der Waals surface area contributed by atoms with E-state index in [2.05, 4.69) is 15.9 Å². The number of carbonyl (C=O) groups is 2. The molecule has 1 fully saturated rings. The van der Waals surface area contributed by atoms with Crippen LogP contribution in [-0.4, -0.2) is 36.2 Å². The van der Waals surface area contributed by atoms with Crippen LogP contribution in [0.2, 0.25) is 0 Å². The van der Waals surface area contributed by atoms with Crippen molar-refractivity contribution < 1.29 is 28.9 Å². The first-order valence-electron chi connectivity index (χ1n) is 11.4. The van der Waals surface area contributed by atoms with Gasteiger partial charge in [0, 0.05) is 12.0 Å². The van der Waals surface area contributed by atoms with Crippen LogP contribution >= 0.6 is 15.9 Å². The number of ether oxygens (including phenoxy) is 3. The Morgan fingerprint density at radius 3 is 2.36 bits per heavy atom. The molecule has 0 aromatic heterocycles. The van der Waals surface area contributed by atoms with Crippen LogP contribution in [0.25, 0.3) is 0 Å². The van der Waals surface area contributed by atoms with E-state index in [9.17, 15) is 14.7 Å². The second-order valence-corrected chi connectivity index (χ2v) is 9.26. The Labute approximate surface area is 203 Å². The molecule has 2 atom stereocenters. The normalized spacial score (nSPS) is 17.9. The highest BCUT2D eigenvalue weighted by molar-refractivity contribution is 9.10. The molecule has 1 N–H and O–H groups in total. The summed E-state index contributed by atoms with van der Waals surface area (Å²) in [6.45, 7) is 3.48. The third kappa shape index (κ3) is 6.50. The van der Waals surface area contributed by atoms with Crippen molar-refractivity contribution in [2.45, 2.75) is 71.0 Å². The van der Waals surface area contributed by atoms with Gasteiger partial charge >= 0.3 is 5.97 Å². The van der Waals surface area contributed by atoms with Crippen molar-refractivity contribution in [3.05, 3.63) is 51.5 Å². The van der Waals surface area contributed by atoms with Crippen molar-refractivity contribution in [1.29, 1.82) is 0 Å². The van der Waals surface area contributed by atoms with Crippen LogP contribution in [0.1, 0.15) is 67.4 Å². The number of esters is 1. The molecule has 7 heteroatoms. The molecule has 33 heavy (non-hydrogen) atoms. The molecule has 3 rings (SSSR count). The van der Waals surface area contributed by atoms with Gasteiger partial charge in [-0.15, -0.1) is 0 Å². The Morgan fingerprint density at radius 2 is 1.76 bits per heavy atom. The number of carbonyl (C=O) groups excluding carboxylic acids is 2. The smallest absolute Gasteiger partial charge is 0.309 e. The Kier molecular flexibility index (Phi) is 8.78. The van der Waals surface area contributed by atoms with Crippen LogP contribution in [0.3, 0.4) is 0 Å². The predicted molar refractivity (Wildman–Crippen MR) is 129 cm³/mol. The minimum Gasteiger partial charge on any atom is -0.507 e. The van der Waals surface area contributed by atoms with Crippen LogP contribution < -0.4 is 9.47 Å². The summed E-state index contributed by atoms with van der Waals surface area (Å²) >= 11 is 3.54. The van der Waals surface area contributed by atoms with Gasteiger partial charge < -0.3 is 19.3 Å². The first kappa shape index (κ1) is 25.1. The number of aromatic hydroxyl groups is 1. The summed E-state index contributed by atoms with van der Waals surface area (Å²) in [6.07, 6.45) is 5.15. The number of phenols is 1. The topological polar surface area (TPSA) is 82.1 Å². The van der Waals surface area contributed by atoms with E-state index in [0.29, 0.717) is 23.3 Å². The average molecular weight is 519 g/mol. The van der Waals surface area contributed by atoms with Gasteiger partial charge in [-0.1, -0.05) is 19.4 Å². The Morgan fingerprint density at radius 1 is 1.09 bits per heavy atom. The van der Waals surface area contributed by atoms with Gasteiger partial charge in [-0.3, -0.25) is 9.59 Å². The van der Waals surface area contributed by atoms with Gasteiger partial charge in [0.05, 0.1) is 23.6 Å². The van der Waals surface area contributed by atoms with Crippen molar-refractivity contribution in [3.63, 3.8) is 0 Å². The van der Waals surface area contributed by atoms with Crippen molar-refractivity contribution in [2.24, 2.45) is 0 Å². The SMILES string of the molecule is CCCc1c(O[C@H]2CCC[C@H](Oc3ccc(CC(=O)OC)cc3Br)C2)ccc(C(C)=O)c1O. The van der Waals surface area contributed by atoms with E-state index >= 15 is 0 Å². The summed E-state index contributed by atoms with van der Waals surface area (Å²) in [7, 11) is 1.38. The number of rotatable bonds is 9. The maximum Gasteiger partial charge on any atom is 0.309 e. The minimum absolute atomic E-state index is 0.00813. The summed E-state index contributed by atoms with van der Waals surface area (Å²) in [4.78, 5) is 23.3. The lowest BCUT2D eigenvalue weighted by atomic mass is 9.94. The van der Waals surface area contributed by atoms with E-state index in [-0.39, 0.29) is 36.1 Å². The third-order valence-corrected chi connectivity index (χ3v) is 6.48. The molecule has 1 saturated carbocycles. The zero-order valence-electron chi connectivity index (χ0n) is 19.4. The van der Waals surface area contributed by atoms with E-state index in [0.717, 1.165) is 47.9 Å². The van der Waals surface area contributed by atoms with Gasteiger partial charge in [0.15, 0.2) is 5.78 Å². The molecule has 0 amide bonds. The van der Waals surface area contributed by atoms with E-state index in [1.165, 1.54) is 14.0 Å². The fourth-order valence-electron chi connectivity index (χ4n) is 4.17. The number of methoxy groups -OCH3 is 1. The summed E-state index contributed by atoms with van der Waals surface area (Å²) in [5.74, 6) is 0.947. The van der Waals surface area contributed by atoms with Crippen molar-refractivity contribution >= 4 is 27.7 Å². The predicted octanol–water partition coefficient (Wildman–Crippen LogP) is 5.79. The zero-order valence-corrected chi connectivity index (χ0v) is 20.9. The molecule has 178 valence electrons. The molecule has 0 saturated heterocycles. The highest BCUT2D eigenvalue weighted by atomic mass is 79.9. The number of hydrogen-bond donors (Lipinski definition) is 1. The fourth-order valence-corrected chi connectivity index (χ4v) is 4.69. The summed E-state index contributed by atoms with van der Waals surface area (Å²) in [5.41, 5.74) is 1.87. The van der Waals surface area contributed by atoms with Crippen molar-refractivity contribution in [2.75, 3.05) is 7.11 Å². The molecule has 2 aromatic carbocycles. The standard InChI is InChI=1S/C26H31BrO6/c1-4-6-21-23(12-10-20(16(2)28)26(21)30)32-18-7-5-8-19(15-18)33-24-11-9-17(13-22(24)27)14-25(29)31-3/h9-13,18-19,30H,4-8,14-15H2,1-3H3/t18-,19-/m0/s1. The first-order chi connectivity index (χ1) is 15.8. The molecule has 0 heterocycles. The number of hydrogen-bond acceptors (Lipinski definition) is 6. The van der Waals surface area contributed by atoms with Crippen molar-refractivity contribution in [3.8, 4) is 17.2 Å². The number of ketones is 1. The second-order valence-electron chi connectivity index (χ2n) is 8.41. The number of Topliss-reactive ketones (excluding diaryl/α,β-unsaturated/α-hetero) is 1. The van der Waals surface area contributed by atoms with Crippen LogP contribution in [0.4, 0.5) is 0 Å². The molecule has 0 spiro atoms. The van der Waals surface area contributed by atoms with Crippen LogP contribution in [0, 0.1) is 0 Å². The Bertz CT molecular complexity index is 1000. The first-order valence-corrected chi connectivity index (χ1v) is 12.2. The number of halogens is 1. The van der Waals surface area contributed by atoms with E-state index < -0.39 is 0 Å². The fraction of sp³-hybridized carbons (Fsp3) is 0.462. The molecule has 0 radical (unpaired) electrons. The highest BCUT2D eigenvalue weighted by Gasteiger charge is 2.27. The summed E-state index contributed by atoms with van der Waals surface area (Å²) < 4.78 is 18.1. The average Bonchev–Trinajstić information content (AvgIpc) is 2.78. The summed E-state index contributed by atoms with van der Waals surface area (Å²) in [5, 5.41) is 10.6. The largest absolute Gasteiger partial charge is 0.507 e.